The molecule has 8 heteroatoms. The molecule has 1 heterocycles. The lowest BCUT2D eigenvalue weighted by atomic mass is 10.2. The number of nitrogens with one attached hydrogen (secondary N) is 1. The van der Waals surface area contributed by atoms with E-state index in [1.54, 1.807) is 7.11 Å². The van der Waals surface area contributed by atoms with E-state index in [-0.39, 0.29) is 11.8 Å². The normalized spacial score (nSPS) is 11.6. The van der Waals surface area contributed by atoms with E-state index in [1.807, 2.05) is 31.2 Å². The number of hydrogen-bond donors (Lipinski definition) is 1. The minimum absolute atomic E-state index is 0.116. The minimum atomic E-state index is -0.782. The fourth-order valence-electron chi connectivity index (χ4n) is 2.74. The first-order chi connectivity index (χ1) is 14.5. The average Bonchev–Trinajstić information content (AvgIpc) is 2.78. The number of carbonyl (C=O) groups excluding carboxylic acids is 1. The molecule has 0 aliphatic heterocycles. The molecule has 1 amide bonds. The van der Waals surface area contributed by atoms with Gasteiger partial charge in [-0.2, -0.15) is 4.68 Å². The predicted octanol–water partition coefficient (Wildman–Crippen LogP) is 2.85. The summed E-state index contributed by atoms with van der Waals surface area (Å²) in [5.41, 5.74) is 0.914. The number of hydrogen-bond acceptors (Lipinski definition) is 5. The fraction of sp³-hybridized carbons (Fsp3) is 0.227. The molecule has 0 aliphatic carbocycles. The number of carbonyl (C=O) groups is 1. The van der Waals surface area contributed by atoms with Crippen LogP contribution in [0.3, 0.4) is 0 Å². The van der Waals surface area contributed by atoms with Gasteiger partial charge in [0.1, 0.15) is 11.6 Å². The van der Waals surface area contributed by atoms with Crippen LogP contribution >= 0.6 is 0 Å². The third-order valence-corrected chi connectivity index (χ3v) is 4.40. The number of nitrogens with zero attached hydrogens (tertiary/aromatic N) is 2. The number of ether oxygens (including phenoxy) is 2. The number of rotatable bonds is 8. The molecular weight excluding hydrogens is 389 g/mol. The standard InChI is InChI=1S/C22H22FN3O4/c1-3-19(22(28)24-14-15-4-10-18(29-2)11-5-15)30-20-12-13-21(27)26(25-20)17-8-6-16(23)7-9-17/h4-13,19H,3,14H2,1-2H3,(H,24,28)/t19-/m0/s1. The lowest BCUT2D eigenvalue weighted by Crippen LogP contribution is -2.38. The van der Waals surface area contributed by atoms with Gasteiger partial charge in [0.2, 0.25) is 5.88 Å². The molecule has 1 N–H and O–H groups in total. The second kappa shape index (κ2) is 9.69. The summed E-state index contributed by atoms with van der Waals surface area (Å²) in [7, 11) is 1.59. The maximum absolute atomic E-state index is 13.1. The molecule has 156 valence electrons. The minimum Gasteiger partial charge on any atom is -0.497 e. The van der Waals surface area contributed by atoms with Crippen LogP contribution in [-0.4, -0.2) is 28.9 Å². The maximum Gasteiger partial charge on any atom is 0.271 e. The van der Waals surface area contributed by atoms with Crippen molar-refractivity contribution in [2.75, 3.05) is 7.11 Å². The molecule has 0 saturated heterocycles. The SMILES string of the molecule is CC[C@H](Oc1ccc(=O)n(-c2ccc(F)cc2)n1)C(=O)NCc1ccc(OC)cc1. The van der Waals surface area contributed by atoms with Crippen LogP contribution in [0, 0.1) is 5.82 Å². The molecule has 1 aromatic heterocycles. The monoisotopic (exact) mass is 411 g/mol. The Bertz CT molecular complexity index is 1050. The molecule has 3 aromatic rings. The molecule has 0 bridgehead atoms. The Balaban J connectivity index is 1.68. The van der Waals surface area contributed by atoms with Crippen molar-refractivity contribution >= 4 is 5.91 Å². The summed E-state index contributed by atoms with van der Waals surface area (Å²) in [5.74, 6) is 0.140. The molecule has 0 aliphatic rings. The zero-order valence-electron chi connectivity index (χ0n) is 16.7. The molecule has 0 radical (unpaired) electrons. The molecule has 0 spiro atoms. The second-order valence-electron chi connectivity index (χ2n) is 6.48. The van der Waals surface area contributed by atoms with Gasteiger partial charge in [-0.25, -0.2) is 4.39 Å². The van der Waals surface area contributed by atoms with Crippen LogP contribution in [0.15, 0.2) is 65.5 Å². The number of aromatic nitrogens is 2. The van der Waals surface area contributed by atoms with E-state index in [1.165, 1.54) is 36.4 Å². The molecule has 0 saturated carbocycles. The molecule has 0 unspecified atom stereocenters. The van der Waals surface area contributed by atoms with Gasteiger partial charge in [0.15, 0.2) is 6.10 Å². The van der Waals surface area contributed by atoms with Gasteiger partial charge in [-0.1, -0.05) is 19.1 Å². The van der Waals surface area contributed by atoms with Crippen LogP contribution in [0.25, 0.3) is 5.69 Å². The first kappa shape index (κ1) is 21.0. The molecule has 7 nitrogen and oxygen atoms in total. The Kier molecular flexibility index (Phi) is 6.79. The van der Waals surface area contributed by atoms with E-state index in [2.05, 4.69) is 10.4 Å². The van der Waals surface area contributed by atoms with Crippen LogP contribution in [0.2, 0.25) is 0 Å². The number of benzene rings is 2. The van der Waals surface area contributed by atoms with Gasteiger partial charge >= 0.3 is 0 Å². The highest BCUT2D eigenvalue weighted by molar-refractivity contribution is 5.81. The zero-order valence-corrected chi connectivity index (χ0v) is 16.7. The topological polar surface area (TPSA) is 82.5 Å². The molecular formula is C22H22FN3O4. The lowest BCUT2D eigenvalue weighted by Gasteiger charge is -2.17. The van der Waals surface area contributed by atoms with E-state index < -0.39 is 17.5 Å². The Morgan fingerprint density at radius 3 is 2.43 bits per heavy atom. The second-order valence-corrected chi connectivity index (χ2v) is 6.48. The van der Waals surface area contributed by atoms with Gasteiger partial charge in [0, 0.05) is 18.7 Å². The number of amides is 1. The molecule has 3 rings (SSSR count). The van der Waals surface area contributed by atoms with E-state index >= 15 is 0 Å². The Morgan fingerprint density at radius 2 is 1.80 bits per heavy atom. The first-order valence-corrected chi connectivity index (χ1v) is 9.43. The van der Waals surface area contributed by atoms with E-state index in [0.29, 0.717) is 18.7 Å². The maximum atomic E-state index is 13.1. The van der Waals surface area contributed by atoms with Crippen molar-refractivity contribution < 1.29 is 18.7 Å². The van der Waals surface area contributed by atoms with Gasteiger partial charge < -0.3 is 14.8 Å². The summed E-state index contributed by atoms with van der Waals surface area (Å²) < 4.78 is 25.1. The highest BCUT2D eigenvalue weighted by Gasteiger charge is 2.19. The van der Waals surface area contributed by atoms with Gasteiger partial charge in [0.25, 0.3) is 11.5 Å². The van der Waals surface area contributed by atoms with Crippen LogP contribution in [-0.2, 0) is 11.3 Å². The summed E-state index contributed by atoms with van der Waals surface area (Å²) in [6, 6.07) is 15.4. The largest absolute Gasteiger partial charge is 0.497 e. The van der Waals surface area contributed by atoms with Crippen LogP contribution in [0.4, 0.5) is 4.39 Å². The number of halogens is 1. The first-order valence-electron chi connectivity index (χ1n) is 9.43. The third kappa shape index (κ3) is 5.22. The predicted molar refractivity (Wildman–Crippen MR) is 109 cm³/mol. The highest BCUT2D eigenvalue weighted by atomic mass is 19.1. The quantitative estimate of drug-likeness (QED) is 0.616. The fourth-order valence-corrected chi connectivity index (χ4v) is 2.74. The Morgan fingerprint density at radius 1 is 1.10 bits per heavy atom. The lowest BCUT2D eigenvalue weighted by molar-refractivity contribution is -0.128. The molecule has 2 aromatic carbocycles. The molecule has 30 heavy (non-hydrogen) atoms. The Labute approximate surface area is 173 Å². The smallest absolute Gasteiger partial charge is 0.271 e. The zero-order chi connectivity index (χ0) is 21.5. The number of methoxy groups -OCH3 is 1. The Hall–Kier alpha value is -3.68. The van der Waals surface area contributed by atoms with Gasteiger partial charge in [0.05, 0.1) is 12.8 Å². The van der Waals surface area contributed by atoms with Crippen molar-refractivity contribution in [3.63, 3.8) is 0 Å². The summed E-state index contributed by atoms with van der Waals surface area (Å²) in [6.07, 6.45) is -0.374. The summed E-state index contributed by atoms with van der Waals surface area (Å²) >= 11 is 0. The van der Waals surface area contributed by atoms with Crippen LogP contribution in [0.5, 0.6) is 11.6 Å². The summed E-state index contributed by atoms with van der Waals surface area (Å²) in [6.45, 7) is 2.15. The van der Waals surface area contributed by atoms with Crippen molar-refractivity contribution in [3.05, 3.63) is 82.4 Å². The molecule has 0 fully saturated rings. The van der Waals surface area contributed by atoms with Crippen molar-refractivity contribution in [1.82, 2.24) is 15.1 Å². The van der Waals surface area contributed by atoms with Crippen LogP contribution in [0.1, 0.15) is 18.9 Å². The van der Waals surface area contributed by atoms with Gasteiger partial charge in [-0.15, -0.1) is 5.10 Å². The van der Waals surface area contributed by atoms with Crippen molar-refractivity contribution in [2.24, 2.45) is 0 Å². The molecule has 1 atom stereocenters. The average molecular weight is 411 g/mol. The van der Waals surface area contributed by atoms with Gasteiger partial charge in [-0.3, -0.25) is 9.59 Å². The van der Waals surface area contributed by atoms with Crippen LogP contribution < -0.4 is 20.3 Å². The van der Waals surface area contributed by atoms with E-state index in [4.69, 9.17) is 9.47 Å². The van der Waals surface area contributed by atoms with Crippen molar-refractivity contribution in [3.8, 4) is 17.3 Å². The highest BCUT2D eigenvalue weighted by Crippen LogP contribution is 2.13. The van der Waals surface area contributed by atoms with Gasteiger partial charge in [-0.05, 0) is 48.4 Å². The van der Waals surface area contributed by atoms with Crippen molar-refractivity contribution in [1.29, 1.82) is 0 Å². The summed E-state index contributed by atoms with van der Waals surface area (Å²) in [5, 5.41) is 6.97. The third-order valence-electron chi connectivity index (χ3n) is 4.40. The van der Waals surface area contributed by atoms with E-state index in [0.717, 1.165) is 16.0 Å². The van der Waals surface area contributed by atoms with E-state index in [9.17, 15) is 14.0 Å². The van der Waals surface area contributed by atoms with Crippen molar-refractivity contribution in [2.45, 2.75) is 26.0 Å². The summed E-state index contributed by atoms with van der Waals surface area (Å²) in [4.78, 5) is 24.6.